The van der Waals surface area contributed by atoms with Crippen LogP contribution < -0.4 is 5.01 Å². The molecule has 0 fully saturated rings. The molecule has 0 radical (unpaired) electrons. The molecule has 144 valence electrons. The number of hydrogen-bond donors (Lipinski definition) is 1. The molecule has 0 aliphatic carbocycles. The number of aromatic carboxylic acids is 1. The van der Waals surface area contributed by atoms with Gasteiger partial charge in [-0.15, -0.1) is 0 Å². The van der Waals surface area contributed by atoms with Gasteiger partial charge in [0.25, 0.3) is 0 Å². The summed E-state index contributed by atoms with van der Waals surface area (Å²) in [6, 6.07) is 22.9. The minimum absolute atomic E-state index is 0.0362. The molecule has 0 amide bonds. The molecular weight excluding hydrogens is 367 g/mol. The number of hydrogen-bond acceptors (Lipinski definition) is 3. The van der Waals surface area contributed by atoms with Crippen molar-refractivity contribution in [2.75, 3.05) is 5.01 Å². The van der Waals surface area contributed by atoms with Crippen LogP contribution in [0.25, 0.3) is 6.08 Å². The zero-order valence-electron chi connectivity index (χ0n) is 15.6. The van der Waals surface area contributed by atoms with Gasteiger partial charge in [0.2, 0.25) is 0 Å². The number of nitrogens with zero attached hydrogens (tertiary/aromatic N) is 2. The summed E-state index contributed by atoms with van der Waals surface area (Å²) in [6.45, 7) is 0. The maximum atomic E-state index is 13.3. The van der Waals surface area contributed by atoms with Crippen molar-refractivity contribution < 1.29 is 14.3 Å². The standard InChI is InChI=1S/C24H19FN2O2/c25-20-11-7-18(8-12-20)23-16-22(13-6-17-4-2-1-3-5-17)27(26-23)21-14-9-19(10-15-21)24(28)29/h1-15,22H,16H2,(H,28,29)/b13-6+. The molecule has 0 saturated heterocycles. The molecule has 1 N–H and O–H groups in total. The summed E-state index contributed by atoms with van der Waals surface area (Å²) in [4.78, 5) is 11.1. The van der Waals surface area contributed by atoms with Gasteiger partial charge in [0.15, 0.2) is 0 Å². The lowest BCUT2D eigenvalue weighted by molar-refractivity contribution is 0.0697. The molecule has 1 heterocycles. The number of anilines is 1. The SMILES string of the molecule is O=C(O)c1ccc(N2N=C(c3ccc(F)cc3)CC2/C=C/c2ccccc2)cc1. The second-order valence-electron chi connectivity index (χ2n) is 6.79. The van der Waals surface area contributed by atoms with Gasteiger partial charge in [-0.3, -0.25) is 5.01 Å². The first-order chi connectivity index (χ1) is 14.1. The average Bonchev–Trinajstić information content (AvgIpc) is 3.18. The molecule has 4 rings (SSSR count). The number of carbonyl (C=O) groups is 1. The van der Waals surface area contributed by atoms with Crippen LogP contribution in [0.2, 0.25) is 0 Å². The zero-order valence-corrected chi connectivity index (χ0v) is 15.6. The highest BCUT2D eigenvalue weighted by atomic mass is 19.1. The zero-order chi connectivity index (χ0) is 20.2. The Kier molecular flexibility index (Phi) is 5.20. The largest absolute Gasteiger partial charge is 0.478 e. The van der Waals surface area contributed by atoms with Gasteiger partial charge in [-0.1, -0.05) is 54.6 Å². The predicted molar refractivity (Wildman–Crippen MR) is 113 cm³/mol. The third-order valence-corrected chi connectivity index (χ3v) is 4.81. The average molecular weight is 386 g/mol. The van der Waals surface area contributed by atoms with Crippen molar-refractivity contribution >= 4 is 23.4 Å². The van der Waals surface area contributed by atoms with Crippen molar-refractivity contribution in [3.63, 3.8) is 0 Å². The van der Waals surface area contributed by atoms with Crippen LogP contribution >= 0.6 is 0 Å². The van der Waals surface area contributed by atoms with Gasteiger partial charge in [0, 0.05) is 6.42 Å². The number of halogens is 1. The molecule has 3 aromatic rings. The van der Waals surface area contributed by atoms with Gasteiger partial charge in [-0.25, -0.2) is 9.18 Å². The Morgan fingerprint density at radius 3 is 2.34 bits per heavy atom. The maximum absolute atomic E-state index is 13.3. The van der Waals surface area contributed by atoms with Gasteiger partial charge in [-0.2, -0.15) is 5.10 Å². The monoisotopic (exact) mass is 386 g/mol. The second kappa shape index (κ2) is 8.10. The van der Waals surface area contributed by atoms with Gasteiger partial charge < -0.3 is 5.11 Å². The van der Waals surface area contributed by atoms with Crippen LogP contribution in [-0.4, -0.2) is 22.8 Å². The molecule has 1 aliphatic heterocycles. The van der Waals surface area contributed by atoms with E-state index in [0.717, 1.165) is 22.5 Å². The number of carboxylic acids is 1. The molecular formula is C24H19FN2O2. The fraction of sp³-hybridized carbons (Fsp3) is 0.0833. The molecule has 1 unspecified atom stereocenters. The van der Waals surface area contributed by atoms with E-state index in [-0.39, 0.29) is 17.4 Å². The van der Waals surface area contributed by atoms with E-state index in [2.05, 4.69) is 6.08 Å². The summed E-state index contributed by atoms with van der Waals surface area (Å²) in [5.41, 5.74) is 3.84. The number of carboxylic acid groups (broad SMARTS) is 1. The lowest BCUT2D eigenvalue weighted by atomic mass is 10.0. The van der Waals surface area contributed by atoms with Crippen LogP contribution in [-0.2, 0) is 0 Å². The Balaban J connectivity index is 1.66. The van der Waals surface area contributed by atoms with Crippen molar-refractivity contribution in [1.82, 2.24) is 0 Å². The minimum atomic E-state index is -0.964. The summed E-state index contributed by atoms with van der Waals surface area (Å²) in [6.07, 6.45) is 4.79. The van der Waals surface area contributed by atoms with E-state index >= 15 is 0 Å². The molecule has 3 aromatic carbocycles. The van der Waals surface area contributed by atoms with E-state index in [1.807, 2.05) is 41.4 Å². The van der Waals surface area contributed by atoms with Crippen LogP contribution in [0.4, 0.5) is 10.1 Å². The van der Waals surface area contributed by atoms with E-state index in [9.17, 15) is 9.18 Å². The molecule has 4 nitrogen and oxygen atoms in total. The number of rotatable bonds is 5. The predicted octanol–water partition coefficient (Wildman–Crippen LogP) is 5.22. The third-order valence-electron chi connectivity index (χ3n) is 4.81. The van der Waals surface area contributed by atoms with E-state index in [1.165, 1.54) is 12.1 Å². The topological polar surface area (TPSA) is 52.9 Å². The van der Waals surface area contributed by atoms with Crippen molar-refractivity contribution in [3.05, 3.63) is 107 Å². The van der Waals surface area contributed by atoms with Crippen molar-refractivity contribution in [1.29, 1.82) is 0 Å². The Bertz CT molecular complexity index is 1060. The maximum Gasteiger partial charge on any atom is 0.335 e. The fourth-order valence-corrected chi connectivity index (χ4v) is 3.29. The highest BCUT2D eigenvalue weighted by Gasteiger charge is 2.26. The van der Waals surface area contributed by atoms with Gasteiger partial charge in [-0.05, 0) is 47.5 Å². The van der Waals surface area contributed by atoms with Gasteiger partial charge in [0.05, 0.1) is 23.0 Å². The lowest BCUT2D eigenvalue weighted by Gasteiger charge is -2.21. The second-order valence-corrected chi connectivity index (χ2v) is 6.79. The summed E-state index contributed by atoms with van der Waals surface area (Å²) < 4.78 is 13.3. The molecule has 0 aromatic heterocycles. The van der Waals surface area contributed by atoms with Gasteiger partial charge >= 0.3 is 5.97 Å². The smallest absolute Gasteiger partial charge is 0.335 e. The van der Waals surface area contributed by atoms with Crippen molar-refractivity contribution in [2.45, 2.75) is 12.5 Å². The summed E-state index contributed by atoms with van der Waals surface area (Å²) in [5.74, 6) is -1.25. The summed E-state index contributed by atoms with van der Waals surface area (Å²) >= 11 is 0. The van der Waals surface area contributed by atoms with E-state index in [0.29, 0.717) is 6.42 Å². The van der Waals surface area contributed by atoms with Gasteiger partial charge in [0.1, 0.15) is 5.82 Å². The van der Waals surface area contributed by atoms with Crippen molar-refractivity contribution in [2.24, 2.45) is 5.10 Å². The molecule has 0 spiro atoms. The first kappa shape index (κ1) is 18.6. The van der Waals surface area contributed by atoms with E-state index < -0.39 is 5.97 Å². The molecule has 29 heavy (non-hydrogen) atoms. The Hall–Kier alpha value is -3.73. The molecule has 1 atom stereocenters. The summed E-state index contributed by atoms with van der Waals surface area (Å²) in [5, 5.41) is 15.8. The Morgan fingerprint density at radius 2 is 1.69 bits per heavy atom. The molecule has 0 bridgehead atoms. The van der Waals surface area contributed by atoms with E-state index in [4.69, 9.17) is 10.2 Å². The first-order valence-corrected chi connectivity index (χ1v) is 9.29. The van der Waals surface area contributed by atoms with Crippen LogP contribution in [0.15, 0.2) is 90.0 Å². The molecule has 5 heteroatoms. The quantitative estimate of drug-likeness (QED) is 0.654. The molecule has 1 aliphatic rings. The fourth-order valence-electron chi connectivity index (χ4n) is 3.29. The lowest BCUT2D eigenvalue weighted by Crippen LogP contribution is -2.24. The van der Waals surface area contributed by atoms with Crippen LogP contribution in [0.3, 0.4) is 0 Å². The first-order valence-electron chi connectivity index (χ1n) is 9.29. The summed E-state index contributed by atoms with van der Waals surface area (Å²) in [7, 11) is 0. The molecule has 0 saturated carbocycles. The highest BCUT2D eigenvalue weighted by Crippen LogP contribution is 2.28. The van der Waals surface area contributed by atoms with Crippen LogP contribution in [0.5, 0.6) is 0 Å². The third kappa shape index (κ3) is 4.24. The van der Waals surface area contributed by atoms with Crippen LogP contribution in [0, 0.1) is 5.82 Å². The minimum Gasteiger partial charge on any atom is -0.478 e. The normalized spacial score (nSPS) is 16.2. The Labute approximate surface area is 168 Å². The van der Waals surface area contributed by atoms with Crippen LogP contribution in [0.1, 0.15) is 27.9 Å². The highest BCUT2D eigenvalue weighted by molar-refractivity contribution is 6.03. The number of hydrazone groups is 1. The number of benzene rings is 3. The van der Waals surface area contributed by atoms with E-state index in [1.54, 1.807) is 36.4 Å². The van der Waals surface area contributed by atoms with Crippen molar-refractivity contribution in [3.8, 4) is 0 Å². The Morgan fingerprint density at radius 1 is 1.00 bits per heavy atom.